The summed E-state index contributed by atoms with van der Waals surface area (Å²) in [5, 5.41) is 2.81. The summed E-state index contributed by atoms with van der Waals surface area (Å²) in [6.07, 6.45) is -1.35. The number of nitrogens with one attached hydrogen (secondary N) is 1. The zero-order valence-electron chi connectivity index (χ0n) is 13.5. The maximum atomic E-state index is 12.6. The molecule has 0 spiro atoms. The number of carbonyl (C=O) groups is 2. The zero-order chi connectivity index (χ0) is 17.7. The highest BCUT2D eigenvalue weighted by Gasteiger charge is 2.35. The van der Waals surface area contributed by atoms with Crippen LogP contribution in [0.25, 0.3) is 0 Å². The number of rotatable bonds is 6. The predicted octanol–water partition coefficient (Wildman–Crippen LogP) is 3.36. The van der Waals surface area contributed by atoms with E-state index < -0.39 is 17.7 Å². The molecule has 24 heavy (non-hydrogen) atoms. The van der Waals surface area contributed by atoms with Crippen LogP contribution in [0, 0.1) is 5.92 Å². The molecule has 1 saturated heterocycles. The molecule has 1 atom stereocenters. The van der Waals surface area contributed by atoms with Gasteiger partial charge in [-0.15, -0.1) is 0 Å². The Kier molecular flexibility index (Phi) is 5.85. The van der Waals surface area contributed by atoms with Crippen molar-refractivity contribution in [2.45, 2.75) is 38.8 Å². The number of halogens is 3. The number of benzene rings is 1. The van der Waals surface area contributed by atoms with Gasteiger partial charge in [0.05, 0.1) is 11.5 Å². The van der Waals surface area contributed by atoms with Crippen LogP contribution in [0.1, 0.15) is 38.2 Å². The summed E-state index contributed by atoms with van der Waals surface area (Å²) in [5.41, 5.74) is -0.377. The Labute approximate surface area is 139 Å². The monoisotopic (exact) mass is 342 g/mol. The second kappa shape index (κ2) is 7.68. The first-order valence-electron chi connectivity index (χ1n) is 8.08. The molecule has 2 amide bonds. The maximum absolute atomic E-state index is 12.6. The van der Waals surface area contributed by atoms with Gasteiger partial charge < -0.3 is 10.2 Å². The van der Waals surface area contributed by atoms with E-state index in [2.05, 4.69) is 12.2 Å². The number of nitrogens with zero attached hydrogens (tertiary/aromatic N) is 1. The predicted molar refractivity (Wildman–Crippen MR) is 84.4 cm³/mol. The van der Waals surface area contributed by atoms with Gasteiger partial charge in [0.1, 0.15) is 0 Å². The van der Waals surface area contributed by atoms with Gasteiger partial charge in [0, 0.05) is 25.2 Å². The Morgan fingerprint density at radius 1 is 1.25 bits per heavy atom. The lowest BCUT2D eigenvalue weighted by atomic mass is 10.1. The normalized spacial score (nSPS) is 18.1. The third-order valence-corrected chi connectivity index (χ3v) is 4.08. The van der Waals surface area contributed by atoms with Crippen LogP contribution in [0.3, 0.4) is 0 Å². The van der Waals surface area contributed by atoms with Crippen molar-refractivity contribution in [2.24, 2.45) is 5.92 Å². The molecule has 2 rings (SSSR count). The van der Waals surface area contributed by atoms with Gasteiger partial charge in [-0.3, -0.25) is 9.59 Å². The summed E-state index contributed by atoms with van der Waals surface area (Å²) >= 11 is 0. The Balaban J connectivity index is 1.96. The number of anilines is 1. The molecule has 0 bridgehead atoms. The van der Waals surface area contributed by atoms with E-state index in [1.54, 1.807) is 0 Å². The number of hydrogen-bond donors (Lipinski definition) is 1. The molecule has 7 heteroatoms. The fourth-order valence-corrected chi connectivity index (χ4v) is 2.69. The fourth-order valence-electron chi connectivity index (χ4n) is 2.69. The Morgan fingerprint density at radius 3 is 2.50 bits per heavy atom. The van der Waals surface area contributed by atoms with Gasteiger partial charge >= 0.3 is 6.18 Å². The van der Waals surface area contributed by atoms with Crippen LogP contribution in [0.4, 0.5) is 18.9 Å². The SMILES string of the molecule is CCCCCNC(=O)C1CC(=O)N(c2ccc(C(F)(F)F)cc2)C1. The topological polar surface area (TPSA) is 49.4 Å². The zero-order valence-corrected chi connectivity index (χ0v) is 13.5. The lowest BCUT2D eigenvalue weighted by molar-refractivity contribution is -0.137. The number of unbranched alkanes of at least 4 members (excludes halogenated alkanes) is 2. The van der Waals surface area contributed by atoms with Crippen LogP contribution in [-0.4, -0.2) is 24.9 Å². The van der Waals surface area contributed by atoms with Gasteiger partial charge in [-0.05, 0) is 30.7 Å². The minimum Gasteiger partial charge on any atom is -0.356 e. The van der Waals surface area contributed by atoms with Crippen LogP contribution in [-0.2, 0) is 15.8 Å². The van der Waals surface area contributed by atoms with E-state index in [9.17, 15) is 22.8 Å². The highest BCUT2D eigenvalue weighted by atomic mass is 19.4. The molecule has 1 heterocycles. The molecule has 1 N–H and O–H groups in total. The lowest BCUT2D eigenvalue weighted by Crippen LogP contribution is -2.33. The summed E-state index contributed by atoms with van der Waals surface area (Å²) in [6.45, 7) is 2.85. The van der Waals surface area contributed by atoms with Gasteiger partial charge in [-0.2, -0.15) is 13.2 Å². The minimum atomic E-state index is -4.41. The van der Waals surface area contributed by atoms with Gasteiger partial charge in [0.15, 0.2) is 0 Å². The number of carbonyl (C=O) groups excluding carboxylic acids is 2. The molecule has 1 fully saturated rings. The fraction of sp³-hybridized carbons (Fsp3) is 0.529. The van der Waals surface area contributed by atoms with E-state index in [4.69, 9.17) is 0 Å². The molecular weight excluding hydrogens is 321 g/mol. The third-order valence-electron chi connectivity index (χ3n) is 4.08. The average Bonchev–Trinajstić information content (AvgIpc) is 2.93. The summed E-state index contributed by atoms with van der Waals surface area (Å²) in [7, 11) is 0. The smallest absolute Gasteiger partial charge is 0.356 e. The molecule has 1 aromatic carbocycles. The molecule has 4 nitrogen and oxygen atoms in total. The maximum Gasteiger partial charge on any atom is 0.416 e. The molecule has 1 unspecified atom stereocenters. The molecule has 1 aromatic rings. The van der Waals surface area contributed by atoms with Crippen molar-refractivity contribution in [2.75, 3.05) is 18.0 Å². The quantitative estimate of drug-likeness (QED) is 0.806. The van der Waals surface area contributed by atoms with Crippen LogP contribution in [0.5, 0.6) is 0 Å². The molecule has 1 aliphatic heterocycles. The lowest BCUT2D eigenvalue weighted by Gasteiger charge is -2.17. The van der Waals surface area contributed by atoms with E-state index in [0.717, 1.165) is 31.4 Å². The van der Waals surface area contributed by atoms with E-state index in [1.807, 2.05) is 0 Å². The summed E-state index contributed by atoms with van der Waals surface area (Å²) in [5.74, 6) is -0.876. The number of hydrogen-bond acceptors (Lipinski definition) is 2. The highest BCUT2D eigenvalue weighted by Crippen LogP contribution is 2.32. The van der Waals surface area contributed by atoms with Gasteiger partial charge in [-0.25, -0.2) is 0 Å². The van der Waals surface area contributed by atoms with Crippen molar-refractivity contribution in [3.63, 3.8) is 0 Å². The van der Waals surface area contributed by atoms with Crippen molar-refractivity contribution < 1.29 is 22.8 Å². The van der Waals surface area contributed by atoms with Gasteiger partial charge in [0.2, 0.25) is 11.8 Å². The summed E-state index contributed by atoms with van der Waals surface area (Å²) < 4.78 is 37.7. The molecule has 0 radical (unpaired) electrons. The van der Waals surface area contributed by atoms with Crippen molar-refractivity contribution in [3.05, 3.63) is 29.8 Å². The highest BCUT2D eigenvalue weighted by molar-refractivity contribution is 6.00. The van der Waals surface area contributed by atoms with Gasteiger partial charge in [-0.1, -0.05) is 19.8 Å². The Morgan fingerprint density at radius 2 is 1.92 bits per heavy atom. The average molecular weight is 342 g/mol. The van der Waals surface area contributed by atoms with Gasteiger partial charge in [0.25, 0.3) is 0 Å². The first-order chi connectivity index (χ1) is 11.3. The summed E-state index contributed by atoms with van der Waals surface area (Å²) in [4.78, 5) is 25.5. The third kappa shape index (κ3) is 4.49. The standard InChI is InChI=1S/C17H21F3N2O2/c1-2-3-4-9-21-16(24)12-10-15(23)22(11-12)14-7-5-13(6-8-14)17(18,19)20/h5-8,12H,2-4,9-11H2,1H3,(H,21,24). The van der Waals surface area contributed by atoms with Crippen LogP contribution < -0.4 is 10.2 Å². The molecule has 0 aliphatic carbocycles. The number of amides is 2. The first-order valence-corrected chi connectivity index (χ1v) is 8.08. The molecule has 132 valence electrons. The second-order valence-electron chi connectivity index (χ2n) is 5.95. The van der Waals surface area contributed by atoms with E-state index >= 15 is 0 Å². The minimum absolute atomic E-state index is 0.0840. The molecule has 0 aromatic heterocycles. The van der Waals surface area contributed by atoms with E-state index in [1.165, 1.54) is 17.0 Å². The molecule has 0 saturated carbocycles. The second-order valence-corrected chi connectivity index (χ2v) is 5.95. The molecular formula is C17H21F3N2O2. The van der Waals surface area contributed by atoms with Crippen molar-refractivity contribution in [3.8, 4) is 0 Å². The molecule has 1 aliphatic rings. The Hall–Kier alpha value is -2.05. The summed E-state index contributed by atoms with van der Waals surface area (Å²) in [6, 6.07) is 4.42. The Bertz CT molecular complexity index is 584. The van der Waals surface area contributed by atoms with Crippen molar-refractivity contribution >= 4 is 17.5 Å². The van der Waals surface area contributed by atoms with Crippen LogP contribution in [0.2, 0.25) is 0 Å². The van der Waals surface area contributed by atoms with Crippen LogP contribution in [0.15, 0.2) is 24.3 Å². The number of alkyl halides is 3. The first kappa shape index (κ1) is 18.3. The van der Waals surface area contributed by atoms with E-state index in [-0.39, 0.29) is 24.8 Å². The van der Waals surface area contributed by atoms with Crippen LogP contribution >= 0.6 is 0 Å². The largest absolute Gasteiger partial charge is 0.416 e. The van der Waals surface area contributed by atoms with E-state index in [0.29, 0.717) is 12.2 Å². The van der Waals surface area contributed by atoms with Crippen molar-refractivity contribution in [1.29, 1.82) is 0 Å². The van der Waals surface area contributed by atoms with Crippen molar-refractivity contribution in [1.82, 2.24) is 5.32 Å².